The molecule has 0 saturated heterocycles. The summed E-state index contributed by atoms with van der Waals surface area (Å²) in [5, 5.41) is 14.5. The van der Waals surface area contributed by atoms with Crippen molar-refractivity contribution in [3.63, 3.8) is 0 Å². The highest BCUT2D eigenvalue weighted by molar-refractivity contribution is 5.95. The molecule has 1 aromatic heterocycles. The molecule has 0 unspecified atom stereocenters. The summed E-state index contributed by atoms with van der Waals surface area (Å²) < 4.78 is 12.1. The molecular formula is C14H16N6O3. The molecule has 2 aromatic rings. The van der Waals surface area contributed by atoms with Crippen LogP contribution in [0.1, 0.15) is 18.5 Å². The van der Waals surface area contributed by atoms with Crippen LogP contribution in [0.5, 0.6) is 11.5 Å². The molecule has 0 bridgehead atoms. The van der Waals surface area contributed by atoms with Crippen molar-refractivity contribution in [1.29, 1.82) is 0 Å². The first kappa shape index (κ1) is 14.8. The van der Waals surface area contributed by atoms with E-state index >= 15 is 0 Å². The second kappa shape index (κ2) is 5.59. The molecule has 3 N–H and O–H groups in total. The van der Waals surface area contributed by atoms with Gasteiger partial charge in [-0.25, -0.2) is 0 Å². The molecule has 9 heteroatoms. The van der Waals surface area contributed by atoms with Gasteiger partial charge in [0, 0.05) is 5.70 Å². The van der Waals surface area contributed by atoms with Gasteiger partial charge in [0.25, 0.3) is 0 Å². The number of amides is 1. The van der Waals surface area contributed by atoms with Gasteiger partial charge < -0.3 is 20.5 Å². The third-order valence-electron chi connectivity index (χ3n) is 3.70. The Bertz CT molecular complexity index is 798. The zero-order valence-corrected chi connectivity index (χ0v) is 12.9. The number of methoxy groups -OCH3 is 2. The fourth-order valence-electron chi connectivity index (χ4n) is 2.66. The van der Waals surface area contributed by atoms with Gasteiger partial charge in [0.2, 0.25) is 11.9 Å². The molecule has 3 rings (SSSR count). The molecular weight excluding hydrogens is 300 g/mol. The van der Waals surface area contributed by atoms with Gasteiger partial charge in [-0.2, -0.15) is 4.68 Å². The summed E-state index contributed by atoms with van der Waals surface area (Å²) >= 11 is 0. The van der Waals surface area contributed by atoms with E-state index in [1.807, 2.05) is 6.07 Å². The summed E-state index contributed by atoms with van der Waals surface area (Å²) in [5.74, 6) is 1.02. The second-order valence-electron chi connectivity index (χ2n) is 4.99. The number of rotatable bonds is 4. The molecule has 0 radical (unpaired) electrons. The minimum absolute atomic E-state index is 0.386. The van der Waals surface area contributed by atoms with Crippen LogP contribution >= 0.6 is 0 Å². The number of aromatic nitrogens is 4. The second-order valence-corrected chi connectivity index (χ2v) is 4.99. The van der Waals surface area contributed by atoms with Crippen molar-refractivity contribution >= 4 is 11.9 Å². The largest absolute Gasteiger partial charge is 0.493 e. The lowest BCUT2D eigenvalue weighted by molar-refractivity contribution is -0.115. The molecule has 1 atom stereocenters. The van der Waals surface area contributed by atoms with Crippen LogP contribution in [-0.4, -0.2) is 40.3 Å². The van der Waals surface area contributed by atoms with Gasteiger partial charge in [0.05, 0.1) is 19.8 Å². The number of hydrogen-bond donors (Lipinski definition) is 2. The number of ether oxygens (including phenoxy) is 2. The van der Waals surface area contributed by atoms with Crippen LogP contribution in [0.4, 0.5) is 5.95 Å². The zero-order valence-electron chi connectivity index (χ0n) is 12.9. The maximum absolute atomic E-state index is 11.9. The Balaban J connectivity index is 2.18. The number of carbonyl (C=O) groups excluding carboxylic acids is 1. The maximum atomic E-state index is 11.9. The van der Waals surface area contributed by atoms with Crippen molar-refractivity contribution in [2.75, 3.05) is 19.5 Å². The molecule has 9 nitrogen and oxygen atoms in total. The highest BCUT2D eigenvalue weighted by atomic mass is 16.5. The number of allylic oxidation sites excluding steroid dienone is 1. The van der Waals surface area contributed by atoms with Gasteiger partial charge in [0.15, 0.2) is 11.5 Å². The third-order valence-corrected chi connectivity index (χ3v) is 3.70. The number of hydrogen-bond acceptors (Lipinski definition) is 7. The minimum Gasteiger partial charge on any atom is -0.493 e. The molecule has 0 fully saturated rings. The number of primary amides is 1. The lowest BCUT2D eigenvalue weighted by atomic mass is 9.95. The van der Waals surface area contributed by atoms with Gasteiger partial charge in [-0.15, -0.1) is 0 Å². The standard InChI is InChI=1S/C14H16N6O3/c1-7-11(13(15)21)12(20-14(16-7)17-18-19-20)8-4-5-9(22-2)10(6-8)23-3/h4-6,12H,1-3H3,(H2,15,21)(H,16,17,19)/t12-/m0/s1. The summed E-state index contributed by atoms with van der Waals surface area (Å²) in [7, 11) is 3.10. The normalized spacial score (nSPS) is 16.6. The summed E-state index contributed by atoms with van der Waals surface area (Å²) in [4.78, 5) is 11.9. The van der Waals surface area contributed by atoms with Crippen LogP contribution < -0.4 is 20.5 Å². The number of carbonyl (C=O) groups is 1. The lowest BCUT2D eigenvalue weighted by Crippen LogP contribution is -2.31. The third kappa shape index (κ3) is 2.35. The van der Waals surface area contributed by atoms with Crippen molar-refractivity contribution in [2.24, 2.45) is 5.73 Å². The first-order chi connectivity index (χ1) is 11.1. The fourth-order valence-corrected chi connectivity index (χ4v) is 2.66. The molecule has 23 heavy (non-hydrogen) atoms. The van der Waals surface area contributed by atoms with Crippen molar-refractivity contribution in [3.8, 4) is 11.5 Å². The predicted octanol–water partition coefficient (Wildman–Crippen LogP) is 0.464. The number of nitrogens with zero attached hydrogens (tertiary/aromatic N) is 4. The van der Waals surface area contributed by atoms with Gasteiger partial charge in [0.1, 0.15) is 6.04 Å². The van der Waals surface area contributed by atoms with Gasteiger partial charge in [-0.3, -0.25) is 4.79 Å². The zero-order chi connectivity index (χ0) is 16.6. The van der Waals surface area contributed by atoms with E-state index in [-0.39, 0.29) is 0 Å². The Morgan fingerprint density at radius 2 is 2.04 bits per heavy atom. The first-order valence-electron chi connectivity index (χ1n) is 6.84. The number of nitrogens with two attached hydrogens (primary N) is 1. The molecule has 1 amide bonds. The number of tetrazole rings is 1. The van der Waals surface area contributed by atoms with Gasteiger partial charge in [-0.05, 0) is 35.0 Å². The molecule has 1 aliphatic rings. The van der Waals surface area contributed by atoms with Crippen LogP contribution in [0.15, 0.2) is 29.5 Å². The average molecular weight is 316 g/mol. The predicted molar refractivity (Wildman–Crippen MR) is 81.0 cm³/mol. The number of anilines is 1. The fraction of sp³-hybridized carbons (Fsp3) is 0.286. The number of fused-ring (bicyclic) bond motifs is 1. The number of nitrogens with one attached hydrogen (secondary N) is 1. The molecule has 1 aliphatic heterocycles. The highest BCUT2D eigenvalue weighted by Gasteiger charge is 2.33. The Hall–Kier alpha value is -3.10. The van der Waals surface area contributed by atoms with Gasteiger partial charge >= 0.3 is 0 Å². The summed E-state index contributed by atoms with van der Waals surface area (Å²) in [5.41, 5.74) is 7.32. The Morgan fingerprint density at radius 3 is 2.70 bits per heavy atom. The first-order valence-corrected chi connectivity index (χ1v) is 6.84. The van der Waals surface area contributed by atoms with Gasteiger partial charge in [-0.1, -0.05) is 11.2 Å². The molecule has 0 saturated carbocycles. The van der Waals surface area contributed by atoms with E-state index in [2.05, 4.69) is 20.8 Å². The molecule has 1 aromatic carbocycles. The summed E-state index contributed by atoms with van der Waals surface area (Å²) in [6.45, 7) is 1.76. The molecule has 120 valence electrons. The van der Waals surface area contributed by atoms with E-state index in [4.69, 9.17) is 15.2 Å². The summed E-state index contributed by atoms with van der Waals surface area (Å²) in [6.07, 6.45) is 0. The van der Waals surface area contributed by atoms with E-state index in [9.17, 15) is 4.79 Å². The highest BCUT2D eigenvalue weighted by Crippen LogP contribution is 2.37. The Morgan fingerprint density at radius 1 is 1.30 bits per heavy atom. The smallest absolute Gasteiger partial charge is 0.248 e. The van der Waals surface area contributed by atoms with Crippen LogP contribution in [0, 0.1) is 0 Å². The summed E-state index contributed by atoms with van der Waals surface area (Å²) in [6, 6.07) is 4.81. The SMILES string of the molecule is COc1ccc([C@H]2C(C(N)=O)=C(C)Nc3nnnn32)cc1OC. The van der Waals surface area contributed by atoms with E-state index in [1.165, 1.54) is 4.68 Å². The van der Waals surface area contributed by atoms with Crippen molar-refractivity contribution in [2.45, 2.75) is 13.0 Å². The van der Waals surface area contributed by atoms with Crippen molar-refractivity contribution < 1.29 is 14.3 Å². The average Bonchev–Trinajstić information content (AvgIpc) is 3.00. The van der Waals surface area contributed by atoms with E-state index in [0.29, 0.717) is 28.7 Å². The molecule has 0 spiro atoms. The monoisotopic (exact) mass is 316 g/mol. The Labute approximate surface area is 132 Å². The molecule has 0 aliphatic carbocycles. The van der Waals surface area contributed by atoms with Crippen LogP contribution in [0.25, 0.3) is 0 Å². The van der Waals surface area contributed by atoms with E-state index < -0.39 is 11.9 Å². The maximum Gasteiger partial charge on any atom is 0.248 e. The quantitative estimate of drug-likeness (QED) is 0.841. The van der Waals surface area contributed by atoms with Crippen molar-refractivity contribution in [3.05, 3.63) is 35.0 Å². The minimum atomic E-state index is -0.545. The number of benzene rings is 1. The Kier molecular flexibility index (Phi) is 3.61. The van der Waals surface area contributed by atoms with Crippen LogP contribution in [-0.2, 0) is 4.79 Å². The van der Waals surface area contributed by atoms with E-state index in [1.54, 1.807) is 33.3 Å². The lowest BCUT2D eigenvalue weighted by Gasteiger charge is -2.27. The topological polar surface area (TPSA) is 117 Å². The molecule has 2 heterocycles. The van der Waals surface area contributed by atoms with Crippen LogP contribution in [0.3, 0.4) is 0 Å². The van der Waals surface area contributed by atoms with Crippen molar-refractivity contribution in [1.82, 2.24) is 20.2 Å². The van der Waals surface area contributed by atoms with E-state index in [0.717, 1.165) is 5.56 Å². The van der Waals surface area contributed by atoms with Crippen LogP contribution in [0.2, 0.25) is 0 Å².